The third-order valence-electron chi connectivity index (χ3n) is 3.83. The van der Waals surface area contributed by atoms with Crippen molar-refractivity contribution in [3.05, 3.63) is 40.7 Å². The maximum atomic E-state index is 12.1. The Hall–Kier alpha value is -2.21. The van der Waals surface area contributed by atoms with E-state index in [0.717, 1.165) is 44.6 Å². The van der Waals surface area contributed by atoms with Gasteiger partial charge in [0.2, 0.25) is 5.95 Å². The average Bonchev–Trinajstić information content (AvgIpc) is 2.59. The summed E-state index contributed by atoms with van der Waals surface area (Å²) in [6.45, 7) is 8.40. The van der Waals surface area contributed by atoms with Crippen LogP contribution in [0.25, 0.3) is 11.3 Å². The Morgan fingerprint density at radius 2 is 1.83 bits per heavy atom. The molecule has 0 bridgehead atoms. The number of aromatic nitrogens is 3. The van der Waals surface area contributed by atoms with E-state index >= 15 is 0 Å². The predicted molar refractivity (Wildman–Crippen MR) is 93.6 cm³/mol. The molecule has 6 heteroatoms. The minimum absolute atomic E-state index is 0.225. The predicted octanol–water partition coefficient (Wildman–Crippen LogP) is 2.37. The van der Waals surface area contributed by atoms with Gasteiger partial charge in [0, 0.05) is 12.1 Å². The number of nitrogens with one attached hydrogen (secondary N) is 2. The minimum Gasteiger partial charge on any atom is -0.354 e. The van der Waals surface area contributed by atoms with Crippen molar-refractivity contribution >= 4 is 5.95 Å². The van der Waals surface area contributed by atoms with Gasteiger partial charge < -0.3 is 10.2 Å². The zero-order valence-electron chi connectivity index (χ0n) is 13.9. The Morgan fingerprint density at radius 1 is 1.09 bits per heavy atom. The second kappa shape index (κ2) is 9.05. The number of aromatic amines is 1. The van der Waals surface area contributed by atoms with Crippen molar-refractivity contribution in [2.24, 2.45) is 0 Å². The van der Waals surface area contributed by atoms with E-state index in [2.05, 4.69) is 39.2 Å². The molecule has 1 aromatic heterocycles. The number of unbranched alkanes of at least 4 members (excludes halogenated alkanes) is 1. The van der Waals surface area contributed by atoms with E-state index < -0.39 is 0 Å². The quantitative estimate of drug-likeness (QED) is 0.695. The van der Waals surface area contributed by atoms with Crippen molar-refractivity contribution in [3.63, 3.8) is 0 Å². The number of nitrogens with zero attached hydrogens (tertiary/aromatic N) is 3. The van der Waals surface area contributed by atoms with E-state index in [-0.39, 0.29) is 5.56 Å². The molecule has 0 aliphatic heterocycles. The lowest BCUT2D eigenvalue weighted by molar-refractivity contribution is 0.298. The van der Waals surface area contributed by atoms with Gasteiger partial charge in [-0.25, -0.2) is 0 Å². The largest absolute Gasteiger partial charge is 0.354 e. The third kappa shape index (κ3) is 5.17. The van der Waals surface area contributed by atoms with E-state index in [9.17, 15) is 4.79 Å². The topological polar surface area (TPSA) is 73.9 Å². The summed E-state index contributed by atoms with van der Waals surface area (Å²) in [4.78, 5) is 17.2. The molecule has 0 unspecified atom stereocenters. The van der Waals surface area contributed by atoms with Crippen molar-refractivity contribution < 1.29 is 0 Å². The average molecular weight is 315 g/mol. The number of anilines is 1. The fourth-order valence-corrected chi connectivity index (χ4v) is 2.41. The maximum Gasteiger partial charge on any atom is 0.279 e. The lowest BCUT2D eigenvalue weighted by atomic mass is 10.2. The van der Waals surface area contributed by atoms with Crippen molar-refractivity contribution in [1.82, 2.24) is 20.1 Å². The maximum absolute atomic E-state index is 12.1. The van der Waals surface area contributed by atoms with Gasteiger partial charge in [0.1, 0.15) is 0 Å². The molecule has 0 radical (unpaired) electrons. The van der Waals surface area contributed by atoms with E-state index in [4.69, 9.17) is 0 Å². The van der Waals surface area contributed by atoms with Crippen LogP contribution in [0.1, 0.15) is 26.7 Å². The molecule has 0 aliphatic carbocycles. The molecule has 124 valence electrons. The van der Waals surface area contributed by atoms with Crippen molar-refractivity contribution in [3.8, 4) is 11.3 Å². The first-order chi connectivity index (χ1) is 11.2. The van der Waals surface area contributed by atoms with Crippen molar-refractivity contribution in [2.45, 2.75) is 26.7 Å². The Morgan fingerprint density at radius 3 is 2.48 bits per heavy atom. The summed E-state index contributed by atoms with van der Waals surface area (Å²) in [6, 6.07) is 9.34. The smallest absolute Gasteiger partial charge is 0.279 e. The molecule has 23 heavy (non-hydrogen) atoms. The van der Waals surface area contributed by atoms with Crippen LogP contribution in [-0.4, -0.2) is 46.3 Å². The molecule has 0 amide bonds. The Balaban J connectivity index is 1.83. The van der Waals surface area contributed by atoms with Gasteiger partial charge in [0.25, 0.3) is 5.56 Å². The highest BCUT2D eigenvalue weighted by atomic mass is 16.1. The summed E-state index contributed by atoms with van der Waals surface area (Å²) in [5.41, 5.74) is 0.890. The van der Waals surface area contributed by atoms with Gasteiger partial charge >= 0.3 is 0 Å². The zero-order valence-corrected chi connectivity index (χ0v) is 13.9. The molecule has 0 aliphatic rings. The van der Waals surface area contributed by atoms with Gasteiger partial charge in [-0.1, -0.05) is 44.2 Å². The molecule has 2 N–H and O–H groups in total. The molecule has 6 nitrogen and oxygen atoms in total. The van der Waals surface area contributed by atoms with E-state index in [1.165, 1.54) is 0 Å². The molecular formula is C17H25N5O. The summed E-state index contributed by atoms with van der Waals surface area (Å²) < 4.78 is 0. The molecule has 2 rings (SSSR count). The molecule has 1 heterocycles. The molecule has 1 aromatic carbocycles. The van der Waals surface area contributed by atoms with Crippen LogP contribution in [0.3, 0.4) is 0 Å². The standard InChI is InChI=1S/C17H25N5O/c1-3-22(4-2)13-9-8-12-18-17-19-16(23)15(20-21-17)14-10-6-5-7-11-14/h5-7,10-11H,3-4,8-9,12-13H2,1-2H3,(H2,18,19,21,23). The second-order valence-electron chi connectivity index (χ2n) is 5.38. The number of rotatable bonds is 9. The highest BCUT2D eigenvalue weighted by Gasteiger charge is 2.06. The third-order valence-corrected chi connectivity index (χ3v) is 3.83. The van der Waals surface area contributed by atoms with Crippen LogP contribution in [0.5, 0.6) is 0 Å². The zero-order chi connectivity index (χ0) is 16.5. The number of benzene rings is 1. The van der Waals surface area contributed by atoms with E-state index in [1.807, 2.05) is 30.3 Å². The molecule has 0 saturated carbocycles. The molecule has 0 fully saturated rings. The summed E-state index contributed by atoms with van der Waals surface area (Å²) in [7, 11) is 0. The highest BCUT2D eigenvalue weighted by molar-refractivity contribution is 5.57. The van der Waals surface area contributed by atoms with Gasteiger partial charge in [-0.05, 0) is 32.5 Å². The number of hydrogen-bond acceptors (Lipinski definition) is 5. The fraction of sp³-hybridized carbons (Fsp3) is 0.471. The van der Waals surface area contributed by atoms with Crippen LogP contribution in [0.4, 0.5) is 5.95 Å². The Bertz CT molecular complexity index is 637. The van der Waals surface area contributed by atoms with Gasteiger partial charge in [-0.2, -0.15) is 0 Å². The molecule has 2 aromatic rings. The van der Waals surface area contributed by atoms with Crippen LogP contribution >= 0.6 is 0 Å². The molecule has 0 spiro atoms. The summed E-state index contributed by atoms with van der Waals surface area (Å²) >= 11 is 0. The Kier molecular flexibility index (Phi) is 6.75. The highest BCUT2D eigenvalue weighted by Crippen LogP contribution is 2.10. The van der Waals surface area contributed by atoms with Crippen LogP contribution in [0, 0.1) is 0 Å². The summed E-state index contributed by atoms with van der Waals surface area (Å²) in [5.74, 6) is 0.428. The number of H-pyrrole nitrogens is 1. The fourth-order valence-electron chi connectivity index (χ4n) is 2.41. The van der Waals surface area contributed by atoms with Crippen LogP contribution in [-0.2, 0) is 0 Å². The van der Waals surface area contributed by atoms with Crippen molar-refractivity contribution in [2.75, 3.05) is 31.5 Å². The monoisotopic (exact) mass is 315 g/mol. The van der Waals surface area contributed by atoms with Crippen LogP contribution in [0.15, 0.2) is 35.1 Å². The summed E-state index contributed by atoms with van der Waals surface area (Å²) in [6.07, 6.45) is 2.15. The van der Waals surface area contributed by atoms with Gasteiger partial charge in [0.05, 0.1) is 0 Å². The van der Waals surface area contributed by atoms with Gasteiger partial charge in [0.15, 0.2) is 5.69 Å². The van der Waals surface area contributed by atoms with E-state index in [0.29, 0.717) is 11.6 Å². The minimum atomic E-state index is -0.225. The first-order valence-corrected chi connectivity index (χ1v) is 8.23. The first kappa shape index (κ1) is 17.1. The lowest BCUT2D eigenvalue weighted by Gasteiger charge is -2.17. The Labute approximate surface area is 137 Å². The van der Waals surface area contributed by atoms with Crippen LogP contribution < -0.4 is 10.9 Å². The molecule has 0 saturated heterocycles. The second-order valence-corrected chi connectivity index (χ2v) is 5.38. The number of hydrogen-bond donors (Lipinski definition) is 2. The molecule has 0 atom stereocenters. The normalized spacial score (nSPS) is 10.9. The van der Waals surface area contributed by atoms with Gasteiger partial charge in [-0.3, -0.25) is 9.78 Å². The molecular weight excluding hydrogens is 290 g/mol. The lowest BCUT2D eigenvalue weighted by Crippen LogP contribution is -2.24. The summed E-state index contributed by atoms with van der Waals surface area (Å²) in [5, 5.41) is 11.2. The van der Waals surface area contributed by atoms with Crippen LogP contribution in [0.2, 0.25) is 0 Å². The van der Waals surface area contributed by atoms with Gasteiger partial charge in [-0.15, -0.1) is 10.2 Å². The SMILES string of the molecule is CCN(CC)CCCCNc1nnc(-c2ccccc2)c(=O)[nH]1. The van der Waals surface area contributed by atoms with Crippen molar-refractivity contribution in [1.29, 1.82) is 0 Å². The van der Waals surface area contributed by atoms with E-state index in [1.54, 1.807) is 0 Å². The first-order valence-electron chi connectivity index (χ1n) is 8.23.